The predicted molar refractivity (Wildman–Crippen MR) is 170 cm³/mol. The molecule has 0 amide bonds. The summed E-state index contributed by atoms with van der Waals surface area (Å²) in [4.78, 5) is 13.4. The van der Waals surface area contributed by atoms with Crippen molar-refractivity contribution in [3.8, 4) is 0 Å². The van der Waals surface area contributed by atoms with Gasteiger partial charge in [0.05, 0.1) is 0 Å². The Morgan fingerprint density at radius 3 is 0.838 bits per heavy atom. The summed E-state index contributed by atoms with van der Waals surface area (Å²) >= 11 is 0. The van der Waals surface area contributed by atoms with Crippen LogP contribution in [0.4, 0.5) is 0 Å². The van der Waals surface area contributed by atoms with E-state index in [0.717, 1.165) is 0 Å². The first-order valence-corrected chi connectivity index (χ1v) is 23.0. The van der Waals surface area contributed by atoms with E-state index >= 15 is 0 Å². The summed E-state index contributed by atoms with van der Waals surface area (Å²) in [6.45, 7) is 22.5. The quantitative estimate of drug-likeness (QED) is 0.200. The van der Waals surface area contributed by atoms with Gasteiger partial charge in [0.2, 0.25) is 0 Å². The average Bonchev–Trinajstić information content (AvgIpc) is 2.84. The molecule has 0 saturated heterocycles. The Balaban J connectivity index is 1.96. The molecule has 3 N–H and O–H groups in total. The first-order valence-electron chi connectivity index (χ1n) is 13.8. The van der Waals surface area contributed by atoms with Crippen molar-refractivity contribution in [1.82, 2.24) is 14.9 Å². The van der Waals surface area contributed by atoms with Gasteiger partial charge in [-0.05, 0) is 42.2 Å². The second kappa shape index (κ2) is 12.4. The van der Waals surface area contributed by atoms with Gasteiger partial charge in [-0.1, -0.05) is 130 Å². The topological polar surface area (TPSA) is 36.1 Å². The summed E-state index contributed by atoms with van der Waals surface area (Å²) in [6, 6.07) is 33.8. The van der Waals surface area contributed by atoms with E-state index in [9.17, 15) is 0 Å². The van der Waals surface area contributed by atoms with Crippen LogP contribution in [0, 0.1) is 0 Å². The highest BCUT2D eigenvalue weighted by molar-refractivity contribution is 7.11. The fourth-order valence-electron chi connectivity index (χ4n) is 7.11. The van der Waals surface area contributed by atoms with E-state index in [1.807, 2.05) is 0 Å². The molecule has 200 valence electrons. The molecule has 0 radical (unpaired) electrons. The number of hydrogen-bond donors (Lipinski definition) is 3. The van der Waals surface area contributed by atoms with E-state index in [4.69, 9.17) is 0 Å². The lowest BCUT2D eigenvalue weighted by Crippen LogP contribution is -2.73. The summed E-state index contributed by atoms with van der Waals surface area (Å²) in [5.41, 5.74) is 4.12. The van der Waals surface area contributed by atoms with Gasteiger partial charge in [-0.2, -0.15) is 0 Å². The molecular weight excluding hydrogens is 499 g/mol. The van der Waals surface area contributed by atoms with Gasteiger partial charge >= 0.3 is 0 Å². The van der Waals surface area contributed by atoms with Crippen LogP contribution in [0.25, 0.3) is 0 Å². The molecule has 0 unspecified atom stereocenters. The van der Waals surface area contributed by atoms with E-state index in [-0.39, 0.29) is 0 Å². The van der Waals surface area contributed by atoms with E-state index in [0.29, 0.717) is 22.9 Å². The summed E-state index contributed by atoms with van der Waals surface area (Å²) in [5.74, 6) is 0. The third-order valence-corrected chi connectivity index (χ3v) is 28.7. The molecule has 3 aromatic carbocycles. The maximum atomic E-state index is 4.24. The highest BCUT2D eigenvalue weighted by Gasteiger charge is 2.54. The van der Waals surface area contributed by atoms with Gasteiger partial charge in [0.15, 0.2) is 0 Å². The van der Waals surface area contributed by atoms with Crippen LogP contribution < -0.4 is 14.9 Å². The van der Waals surface area contributed by atoms with Crippen LogP contribution in [-0.4, -0.2) is 24.7 Å². The number of nitrogens with one attached hydrogen (secondary N) is 3. The third-order valence-electron chi connectivity index (χ3n) is 7.83. The summed E-state index contributed by atoms with van der Waals surface area (Å²) in [7, 11) is -5.81. The van der Waals surface area contributed by atoms with Gasteiger partial charge in [0.1, 0.15) is 24.7 Å². The summed E-state index contributed by atoms with van der Waals surface area (Å²) < 4.78 is 0. The van der Waals surface area contributed by atoms with Crippen molar-refractivity contribution in [3.63, 3.8) is 0 Å². The van der Waals surface area contributed by atoms with E-state index in [1.165, 1.54) is 16.7 Å². The van der Waals surface area contributed by atoms with Gasteiger partial charge in [-0.3, -0.25) is 0 Å². The Morgan fingerprint density at radius 1 is 0.405 bits per heavy atom. The van der Waals surface area contributed by atoms with Crippen molar-refractivity contribution < 1.29 is 0 Å². The maximum Gasteiger partial charge on any atom is 0.120 e. The Morgan fingerprint density at radius 2 is 0.622 bits per heavy atom. The molecule has 6 heteroatoms. The summed E-state index contributed by atoms with van der Waals surface area (Å²) in [5, 5.41) is 0. The number of hydrogen-bond acceptors (Lipinski definition) is 3. The molecular formula is C31H49N3Si3. The van der Waals surface area contributed by atoms with Crippen molar-refractivity contribution in [2.24, 2.45) is 0 Å². The fourth-order valence-corrected chi connectivity index (χ4v) is 34.6. The van der Waals surface area contributed by atoms with Crippen LogP contribution >= 0.6 is 0 Å². The smallest absolute Gasteiger partial charge is 0.120 e. The predicted octanol–water partition coefficient (Wildman–Crippen LogP) is 8.10. The van der Waals surface area contributed by atoms with Crippen molar-refractivity contribution in [2.45, 2.75) is 83.0 Å². The SMILES string of the molecule is C[C@H](N[Si](C)(C)C([Si](C)(C)N[C@@H](C)c1ccccc1)[Si](C)(C)N[C@@H](C)c1ccccc1)c1ccccc1. The van der Waals surface area contributed by atoms with Crippen LogP contribution in [-0.2, 0) is 0 Å². The normalized spacial score (nSPS) is 15.4. The Labute approximate surface area is 229 Å². The fraction of sp³-hybridized carbons (Fsp3) is 0.419. The molecule has 3 nitrogen and oxygen atoms in total. The molecule has 3 rings (SSSR count). The number of benzene rings is 3. The van der Waals surface area contributed by atoms with Crippen molar-refractivity contribution >= 4 is 24.7 Å². The molecule has 0 fully saturated rings. The third kappa shape index (κ3) is 7.85. The molecule has 0 heterocycles. The molecule has 0 spiro atoms. The van der Waals surface area contributed by atoms with Crippen LogP contribution in [0.5, 0.6) is 0 Å². The minimum atomic E-state index is -1.94. The lowest BCUT2D eigenvalue weighted by Gasteiger charge is -2.52. The van der Waals surface area contributed by atoms with Crippen molar-refractivity contribution in [1.29, 1.82) is 0 Å². The van der Waals surface area contributed by atoms with E-state index < -0.39 is 24.7 Å². The minimum absolute atomic E-state index is 0.332. The van der Waals surface area contributed by atoms with Crippen LogP contribution in [0.15, 0.2) is 91.0 Å². The van der Waals surface area contributed by atoms with E-state index in [1.54, 1.807) is 0 Å². The van der Waals surface area contributed by atoms with Gasteiger partial charge in [-0.15, -0.1) is 0 Å². The Bertz CT molecular complexity index is 947. The first kappa shape index (κ1) is 29.7. The highest BCUT2D eigenvalue weighted by Crippen LogP contribution is 2.40. The lowest BCUT2D eigenvalue weighted by atomic mass is 10.1. The zero-order valence-corrected chi connectivity index (χ0v) is 27.5. The molecule has 0 aromatic heterocycles. The summed E-state index contributed by atoms with van der Waals surface area (Å²) in [6.07, 6.45) is 0. The second-order valence-corrected chi connectivity index (χ2v) is 27.1. The van der Waals surface area contributed by atoms with Gasteiger partial charge in [0, 0.05) is 18.1 Å². The lowest BCUT2D eigenvalue weighted by molar-refractivity contribution is 0.685. The molecule has 3 aromatic rings. The minimum Gasteiger partial charge on any atom is -0.331 e. The molecule has 0 bridgehead atoms. The van der Waals surface area contributed by atoms with Crippen molar-refractivity contribution in [2.75, 3.05) is 0 Å². The first-order chi connectivity index (χ1) is 17.3. The van der Waals surface area contributed by atoms with Gasteiger partial charge in [0.25, 0.3) is 0 Å². The molecule has 0 saturated carbocycles. The molecule has 0 aliphatic carbocycles. The number of rotatable bonds is 12. The van der Waals surface area contributed by atoms with Gasteiger partial charge < -0.3 is 14.9 Å². The Hall–Kier alpha value is -1.81. The van der Waals surface area contributed by atoms with Crippen LogP contribution in [0.3, 0.4) is 0 Å². The zero-order valence-electron chi connectivity index (χ0n) is 24.5. The second-order valence-electron chi connectivity index (χ2n) is 12.4. The zero-order chi connectivity index (χ0) is 27.3. The van der Waals surface area contributed by atoms with Crippen LogP contribution in [0.1, 0.15) is 55.6 Å². The largest absolute Gasteiger partial charge is 0.331 e. The monoisotopic (exact) mass is 547 g/mol. The van der Waals surface area contributed by atoms with Crippen LogP contribution in [0.2, 0.25) is 44.1 Å². The molecule has 0 aliphatic rings. The average molecular weight is 548 g/mol. The molecule has 3 atom stereocenters. The maximum absolute atomic E-state index is 4.24. The van der Waals surface area contributed by atoms with Gasteiger partial charge in [-0.25, -0.2) is 0 Å². The standard InChI is InChI=1S/C31H49N3Si3/c1-25(28-19-13-10-14-20-28)32-35(4,5)31(36(6,7)33-26(2)29-21-15-11-16-22-29)37(8,9)34-27(3)30-23-17-12-18-24-30/h10-27,31-34H,1-9H3/t25-,26-,27-/m0/s1. The molecule has 37 heavy (non-hydrogen) atoms. The van der Waals surface area contributed by atoms with E-state index in [2.05, 4.69) is 166 Å². The highest BCUT2D eigenvalue weighted by atomic mass is 28.5. The van der Waals surface area contributed by atoms with Crippen molar-refractivity contribution in [3.05, 3.63) is 108 Å². The Kier molecular flexibility index (Phi) is 9.94. The molecule has 0 aliphatic heterocycles.